The Morgan fingerprint density at radius 2 is 1.70 bits per heavy atom. The summed E-state index contributed by atoms with van der Waals surface area (Å²) in [6.45, 7) is 20.9. The van der Waals surface area contributed by atoms with Crippen molar-refractivity contribution in [3.63, 3.8) is 0 Å². The van der Waals surface area contributed by atoms with Crippen molar-refractivity contribution in [3.8, 4) is 17.0 Å². The number of fused-ring (bicyclic) bond motifs is 1. The molecule has 0 aliphatic carbocycles. The molecule has 47 heavy (non-hydrogen) atoms. The summed E-state index contributed by atoms with van der Waals surface area (Å²) in [6, 6.07) is 10.7. The standard InChI is InChI=1S/C36H49N3O4S.CH4O.H2O/c1-24-10-9-11-29(31-23-44-33(37-31)38-15-12-26(13-16-38)22-42-35(3,4)5)32(24)41-21-27-18-25(2)30-20-39(17-14-28(30)19-27)34(40)43-36(6,7)8;1-2;/h9-11,18-19,23,26H,12-17,20-22H2,1-8H3;2H,1H3;1H2. The summed E-state index contributed by atoms with van der Waals surface area (Å²) in [5.74, 6) is 1.49. The third kappa shape index (κ3) is 10.4. The van der Waals surface area contributed by atoms with Gasteiger partial charge in [-0.3, -0.25) is 0 Å². The second-order valence-electron chi connectivity index (χ2n) is 14.3. The van der Waals surface area contributed by atoms with E-state index in [9.17, 15) is 4.79 Å². The number of rotatable bonds is 7. The Labute approximate surface area is 285 Å². The number of hydrogen-bond acceptors (Lipinski definition) is 8. The highest BCUT2D eigenvalue weighted by Crippen LogP contribution is 2.37. The Kier molecular flexibility index (Phi) is 13.3. The smallest absolute Gasteiger partial charge is 0.410 e. The molecule has 2 aliphatic rings. The molecule has 0 bridgehead atoms. The van der Waals surface area contributed by atoms with Crippen LogP contribution in [0.5, 0.6) is 5.75 Å². The maximum absolute atomic E-state index is 12.7. The Morgan fingerprint density at radius 3 is 2.36 bits per heavy atom. The van der Waals surface area contributed by atoms with Crippen molar-refractivity contribution >= 4 is 22.6 Å². The van der Waals surface area contributed by atoms with Gasteiger partial charge in [0, 0.05) is 44.2 Å². The molecule has 1 amide bonds. The van der Waals surface area contributed by atoms with Gasteiger partial charge in [-0.1, -0.05) is 24.3 Å². The zero-order chi connectivity index (χ0) is 33.6. The van der Waals surface area contributed by atoms with Gasteiger partial charge in [0.2, 0.25) is 0 Å². The largest absolute Gasteiger partial charge is 0.488 e. The SMILES string of the molecule is CO.Cc1cc(COc2c(C)cccc2-c2csc(N3CCC(COC(C)(C)C)CC3)n2)cc2c1CN(C(=O)OC(C)(C)C)CC2.O. The Bertz CT molecular complexity index is 1470. The molecule has 0 saturated carbocycles. The Morgan fingerprint density at radius 1 is 1.00 bits per heavy atom. The molecule has 5 rings (SSSR count). The number of para-hydroxylation sites is 1. The predicted molar refractivity (Wildman–Crippen MR) is 191 cm³/mol. The second-order valence-corrected chi connectivity index (χ2v) is 15.1. The summed E-state index contributed by atoms with van der Waals surface area (Å²) in [5.41, 5.74) is 7.32. The molecule has 9 nitrogen and oxygen atoms in total. The number of anilines is 1. The molecule has 3 heterocycles. The Balaban J connectivity index is 0.00000196. The van der Waals surface area contributed by atoms with Gasteiger partial charge >= 0.3 is 6.09 Å². The molecule has 10 heteroatoms. The number of ether oxygens (including phenoxy) is 3. The van der Waals surface area contributed by atoms with Crippen molar-refractivity contribution in [2.75, 3.05) is 38.3 Å². The van der Waals surface area contributed by atoms with Crippen LogP contribution in [-0.4, -0.2) is 71.1 Å². The second kappa shape index (κ2) is 16.3. The van der Waals surface area contributed by atoms with E-state index < -0.39 is 5.60 Å². The Hall–Kier alpha value is -3.18. The van der Waals surface area contributed by atoms with E-state index >= 15 is 0 Å². The van der Waals surface area contributed by atoms with Gasteiger partial charge in [-0.2, -0.15) is 0 Å². The fourth-order valence-electron chi connectivity index (χ4n) is 5.90. The maximum Gasteiger partial charge on any atom is 0.410 e. The van der Waals surface area contributed by atoms with Crippen molar-refractivity contribution < 1.29 is 29.6 Å². The first-order valence-corrected chi connectivity index (χ1v) is 17.2. The molecule has 1 fully saturated rings. The first-order valence-electron chi connectivity index (χ1n) is 16.4. The number of hydrogen-bond donors (Lipinski definition) is 1. The van der Waals surface area contributed by atoms with Crippen LogP contribution in [0.3, 0.4) is 0 Å². The molecule has 0 radical (unpaired) electrons. The number of thiazole rings is 1. The zero-order valence-electron chi connectivity index (χ0n) is 29.7. The van der Waals surface area contributed by atoms with E-state index in [4.69, 9.17) is 24.3 Å². The van der Waals surface area contributed by atoms with E-state index in [1.54, 1.807) is 11.3 Å². The van der Waals surface area contributed by atoms with Gasteiger partial charge in [-0.05, 0) is 114 Å². The topological polar surface area (TPSA) is 116 Å². The normalized spacial score (nSPS) is 15.3. The average molecular weight is 670 g/mol. The van der Waals surface area contributed by atoms with Gasteiger partial charge in [0.05, 0.1) is 17.9 Å². The lowest BCUT2D eigenvalue weighted by Crippen LogP contribution is -2.40. The number of carbonyl (C=O) groups is 1. The number of aryl methyl sites for hydroxylation is 2. The molecule has 260 valence electrons. The lowest BCUT2D eigenvalue weighted by molar-refractivity contribution is -0.0257. The van der Waals surface area contributed by atoms with Crippen molar-refractivity contribution in [1.82, 2.24) is 9.88 Å². The van der Waals surface area contributed by atoms with Crippen molar-refractivity contribution in [2.24, 2.45) is 5.92 Å². The number of aliphatic hydroxyl groups is 1. The van der Waals surface area contributed by atoms with Crippen LogP contribution in [-0.2, 0) is 29.0 Å². The highest BCUT2D eigenvalue weighted by Gasteiger charge is 2.27. The summed E-state index contributed by atoms with van der Waals surface area (Å²) in [4.78, 5) is 22.0. The predicted octanol–water partition coefficient (Wildman–Crippen LogP) is 7.11. The number of piperidine rings is 1. The third-order valence-corrected chi connectivity index (χ3v) is 9.18. The molecule has 3 aromatic rings. The first kappa shape index (κ1) is 38.3. The van der Waals surface area contributed by atoms with E-state index in [2.05, 4.69) is 75.2 Å². The van der Waals surface area contributed by atoms with E-state index in [-0.39, 0.29) is 17.2 Å². The van der Waals surface area contributed by atoms with Crippen LogP contribution >= 0.6 is 11.3 Å². The quantitative estimate of drug-likeness (QED) is 0.285. The molecule has 2 aromatic carbocycles. The highest BCUT2D eigenvalue weighted by atomic mass is 32.1. The number of amides is 1. The number of aliphatic hydroxyl groups excluding tert-OH is 1. The molecule has 0 spiro atoms. The van der Waals surface area contributed by atoms with Crippen LogP contribution in [0.2, 0.25) is 0 Å². The molecular formula is C37H55N3O6S. The summed E-state index contributed by atoms with van der Waals surface area (Å²) >= 11 is 1.71. The molecule has 2 aliphatic heterocycles. The highest BCUT2D eigenvalue weighted by molar-refractivity contribution is 7.14. The van der Waals surface area contributed by atoms with Crippen molar-refractivity contribution in [1.29, 1.82) is 0 Å². The first-order chi connectivity index (χ1) is 21.8. The van der Waals surface area contributed by atoms with Gasteiger partial charge in [-0.25, -0.2) is 9.78 Å². The van der Waals surface area contributed by atoms with Crippen molar-refractivity contribution in [3.05, 3.63) is 63.5 Å². The lowest BCUT2D eigenvalue weighted by atomic mass is 9.93. The fraction of sp³-hybridized carbons (Fsp3) is 0.568. The van der Waals surface area contributed by atoms with Gasteiger partial charge < -0.3 is 34.6 Å². The lowest BCUT2D eigenvalue weighted by Gasteiger charge is -2.33. The number of carbonyl (C=O) groups excluding carboxylic acids is 1. The minimum Gasteiger partial charge on any atom is -0.488 e. The number of nitrogens with zero attached hydrogens (tertiary/aromatic N) is 3. The third-order valence-electron chi connectivity index (χ3n) is 8.28. The summed E-state index contributed by atoms with van der Waals surface area (Å²) < 4.78 is 18.2. The van der Waals surface area contributed by atoms with Gasteiger partial charge in [0.25, 0.3) is 0 Å². The van der Waals surface area contributed by atoms with Gasteiger partial charge in [0.1, 0.15) is 18.0 Å². The van der Waals surface area contributed by atoms with E-state index in [0.29, 0.717) is 25.6 Å². The van der Waals surface area contributed by atoms with Crippen LogP contribution in [0, 0.1) is 19.8 Å². The van der Waals surface area contributed by atoms with Crippen LogP contribution in [0.25, 0.3) is 11.3 Å². The van der Waals surface area contributed by atoms with Crippen LogP contribution in [0.1, 0.15) is 82.2 Å². The van der Waals surface area contributed by atoms with Crippen molar-refractivity contribution in [2.45, 2.75) is 99.0 Å². The molecular weight excluding hydrogens is 614 g/mol. The van der Waals surface area contributed by atoms with E-state index in [1.807, 2.05) is 25.7 Å². The summed E-state index contributed by atoms with van der Waals surface area (Å²) in [6.07, 6.45) is 2.82. The summed E-state index contributed by atoms with van der Waals surface area (Å²) in [5, 5.41) is 10.2. The fourth-order valence-corrected chi connectivity index (χ4v) is 6.78. The maximum atomic E-state index is 12.7. The molecule has 1 saturated heterocycles. The minimum absolute atomic E-state index is 0. The minimum atomic E-state index is -0.499. The molecule has 0 unspecified atom stereocenters. The van der Waals surface area contributed by atoms with Crippen LogP contribution in [0.4, 0.5) is 9.93 Å². The monoisotopic (exact) mass is 669 g/mol. The van der Waals surface area contributed by atoms with Gasteiger partial charge in [-0.15, -0.1) is 11.3 Å². The van der Waals surface area contributed by atoms with Gasteiger partial charge in [0.15, 0.2) is 5.13 Å². The molecule has 3 N–H and O–H groups in total. The molecule has 0 atom stereocenters. The van der Waals surface area contributed by atoms with E-state index in [0.717, 1.165) is 79.3 Å². The summed E-state index contributed by atoms with van der Waals surface area (Å²) in [7, 11) is 1.00. The van der Waals surface area contributed by atoms with Crippen LogP contribution < -0.4 is 9.64 Å². The molecule has 1 aromatic heterocycles. The number of aromatic nitrogens is 1. The average Bonchev–Trinajstić information content (AvgIpc) is 3.49. The van der Waals surface area contributed by atoms with Crippen LogP contribution in [0.15, 0.2) is 35.7 Å². The zero-order valence-corrected chi connectivity index (χ0v) is 30.6. The van der Waals surface area contributed by atoms with E-state index in [1.165, 1.54) is 16.7 Å². The number of benzene rings is 2.